The Hall–Kier alpha value is 0.640. The number of hydrogen-bond donors (Lipinski definition) is 0. The molecule has 0 atom stereocenters. The average molecular weight is 475 g/mol. The van der Waals surface area contributed by atoms with E-state index < -0.39 is 28.9 Å². The first-order valence-corrected chi connectivity index (χ1v) is 17.9. The third-order valence-corrected chi connectivity index (χ3v) is 8.83. The van der Waals surface area contributed by atoms with E-state index in [4.69, 9.17) is 17.0 Å². The van der Waals surface area contributed by atoms with Crippen LogP contribution < -0.4 is 0 Å². The van der Waals surface area contributed by atoms with Crippen LogP contribution in [0.3, 0.4) is 0 Å². The van der Waals surface area contributed by atoms with Crippen molar-refractivity contribution < 1.29 is 20.8 Å². The second kappa shape index (κ2) is 8.98. The standard InChI is InChI=1S/C22H20Si.2ClH.Zr/c1-15-13-17-9-5-7-11-19(17)21(15)23(3,4)22-16(2)14-18-10-6-8-12-20(18)22;;;/h5-12H,1-4H3;2*1H;/q;;;+2/p-2. The van der Waals surface area contributed by atoms with E-state index in [1.807, 2.05) is 0 Å². The van der Waals surface area contributed by atoms with Gasteiger partial charge in [0.1, 0.15) is 0 Å². The topological polar surface area (TPSA) is 0 Å². The van der Waals surface area contributed by atoms with Gasteiger partial charge in [0.05, 0.1) is 8.07 Å². The molecule has 4 heteroatoms. The fourth-order valence-corrected chi connectivity index (χ4v) is 8.32. The fraction of sp³-hybridized carbons (Fsp3) is 0.182. The molecule has 0 bridgehead atoms. The van der Waals surface area contributed by atoms with Gasteiger partial charge in [0.15, 0.2) is 0 Å². The average Bonchev–Trinajstić information content (AvgIpc) is 3.11. The van der Waals surface area contributed by atoms with Crippen molar-refractivity contribution >= 4 is 25.1 Å². The number of rotatable bonds is 2. The summed E-state index contributed by atoms with van der Waals surface area (Å²) in [5.74, 6) is 7.88. The third kappa shape index (κ3) is 4.00. The first-order valence-electron chi connectivity index (χ1n) is 8.53. The molecule has 0 aromatic rings. The minimum absolute atomic E-state index is 0.826. The molecule has 0 nitrogen and oxygen atoms in total. The Kier molecular flexibility index (Phi) is 7.37. The van der Waals surface area contributed by atoms with Crippen LogP contribution in [-0.2, 0) is 20.8 Å². The van der Waals surface area contributed by atoms with Gasteiger partial charge in [0.2, 0.25) is 0 Å². The fourth-order valence-electron chi connectivity index (χ4n) is 4.29. The zero-order valence-electron chi connectivity index (χ0n) is 15.4. The van der Waals surface area contributed by atoms with E-state index in [1.165, 1.54) is 46.6 Å². The Morgan fingerprint density at radius 1 is 0.731 bits per heavy atom. The van der Waals surface area contributed by atoms with Crippen molar-refractivity contribution in [1.29, 1.82) is 0 Å². The molecule has 0 saturated heterocycles. The maximum atomic E-state index is 4.93. The summed E-state index contributed by atoms with van der Waals surface area (Å²) in [7, 11) is 8.04. The second-order valence-corrected chi connectivity index (χ2v) is 15.0. The summed E-state index contributed by atoms with van der Waals surface area (Å²) in [6.07, 6.45) is 24.5. The first kappa shape index (κ1) is 21.4. The van der Waals surface area contributed by atoms with Crippen molar-refractivity contribution in [2.75, 3.05) is 0 Å². The molecular formula is C22H20Cl2SiZr. The van der Waals surface area contributed by atoms with Crippen LogP contribution >= 0.6 is 17.0 Å². The van der Waals surface area contributed by atoms with Crippen LogP contribution in [0.1, 0.15) is 13.8 Å². The van der Waals surface area contributed by atoms with Crippen LogP contribution in [0.5, 0.6) is 0 Å². The third-order valence-electron chi connectivity index (χ3n) is 5.04. The molecule has 4 aliphatic carbocycles. The van der Waals surface area contributed by atoms with Gasteiger partial charge in [0, 0.05) is 36.5 Å². The summed E-state index contributed by atoms with van der Waals surface area (Å²) in [4.78, 5) is 0. The second-order valence-electron chi connectivity index (χ2n) is 7.04. The predicted molar refractivity (Wildman–Crippen MR) is 110 cm³/mol. The van der Waals surface area contributed by atoms with Gasteiger partial charge in [0.25, 0.3) is 0 Å². The number of fused-ring (bicyclic) bond motifs is 2. The Balaban J connectivity index is 0.000000613. The summed E-state index contributed by atoms with van der Waals surface area (Å²) in [5, 5.41) is 0. The Bertz CT molecular complexity index is 559. The van der Waals surface area contributed by atoms with Crippen LogP contribution in [-0.4, -0.2) is 8.07 Å². The quantitative estimate of drug-likeness (QED) is 0.417. The molecule has 0 N–H and O–H groups in total. The summed E-state index contributed by atoms with van der Waals surface area (Å²) < 4.78 is 0. The molecule has 0 aromatic carbocycles. The van der Waals surface area contributed by atoms with Crippen molar-refractivity contribution in [1.82, 2.24) is 0 Å². The van der Waals surface area contributed by atoms with Crippen LogP contribution in [0.2, 0.25) is 13.1 Å². The van der Waals surface area contributed by atoms with Crippen LogP contribution in [0.25, 0.3) is 0 Å². The molecule has 2 saturated carbocycles. The molecule has 0 aliphatic heterocycles. The van der Waals surface area contributed by atoms with E-state index >= 15 is 0 Å². The van der Waals surface area contributed by atoms with Crippen molar-refractivity contribution in [3.8, 4) is 0 Å². The Morgan fingerprint density at radius 3 is 1.46 bits per heavy atom. The summed E-state index contributed by atoms with van der Waals surface area (Å²) in [6.45, 7) is 9.37. The van der Waals surface area contributed by atoms with E-state index in [-0.39, 0.29) is 0 Å². The van der Waals surface area contributed by atoms with E-state index in [0.29, 0.717) is 0 Å². The number of hydrogen-bond acceptors (Lipinski definition) is 0. The summed E-state index contributed by atoms with van der Waals surface area (Å²) in [6, 6.07) is 0. The van der Waals surface area contributed by atoms with Gasteiger partial charge < -0.3 is 0 Å². The molecule has 26 heavy (non-hydrogen) atoms. The van der Waals surface area contributed by atoms with E-state index in [9.17, 15) is 0 Å². The molecule has 12 radical (unpaired) electrons. The molecule has 0 aromatic heterocycles. The maximum absolute atomic E-state index is 4.93. The van der Waals surface area contributed by atoms with Gasteiger partial charge in [-0.05, 0) is 22.9 Å². The molecule has 130 valence electrons. The minimum atomic E-state index is -1.83. The van der Waals surface area contributed by atoms with Gasteiger partial charge in [-0.3, -0.25) is 0 Å². The van der Waals surface area contributed by atoms with E-state index in [1.54, 1.807) is 0 Å². The van der Waals surface area contributed by atoms with Gasteiger partial charge >= 0.3 is 37.9 Å². The van der Waals surface area contributed by atoms with Crippen LogP contribution in [0, 0.1) is 59.4 Å². The van der Waals surface area contributed by atoms with E-state index in [0.717, 1.165) is 0 Å². The monoisotopic (exact) mass is 472 g/mol. The van der Waals surface area contributed by atoms with Gasteiger partial charge in [-0.25, -0.2) is 0 Å². The molecule has 4 rings (SSSR count). The number of allylic oxidation sites excluding steroid dienone is 8. The zero-order valence-corrected chi connectivity index (χ0v) is 20.3. The van der Waals surface area contributed by atoms with Gasteiger partial charge in [-0.2, -0.15) is 0 Å². The van der Waals surface area contributed by atoms with Crippen molar-refractivity contribution in [2.45, 2.75) is 26.9 Å². The predicted octanol–water partition coefficient (Wildman–Crippen LogP) is 6.23. The Labute approximate surface area is 179 Å². The van der Waals surface area contributed by atoms with E-state index in [2.05, 4.69) is 88.4 Å². The molecule has 0 heterocycles. The van der Waals surface area contributed by atoms with Gasteiger partial charge in [-0.1, -0.05) is 75.5 Å². The summed E-state index contributed by atoms with van der Waals surface area (Å²) in [5.41, 5.74) is 3.06. The molecule has 0 unspecified atom stereocenters. The zero-order chi connectivity index (χ0) is 18.9. The molecule has 4 aliphatic rings. The SMILES string of the molecule is C[C]1[C][C]2C=CC=C[C]2[C]1[Si](C)(C)[C]1[C](C)[C][C]2C=CC=C[C]21.[Cl][Zr][Cl]. The van der Waals surface area contributed by atoms with Crippen molar-refractivity contribution in [3.63, 3.8) is 0 Å². The number of halogens is 2. The normalized spacial score (nSPS) is 26.2. The van der Waals surface area contributed by atoms with Crippen molar-refractivity contribution in [2.24, 2.45) is 0 Å². The van der Waals surface area contributed by atoms with Gasteiger partial charge in [-0.15, -0.1) is 0 Å². The molecule has 0 spiro atoms. The molecule has 2 fully saturated rings. The van der Waals surface area contributed by atoms with Crippen molar-refractivity contribution in [3.05, 3.63) is 108 Å². The van der Waals surface area contributed by atoms with Crippen LogP contribution in [0.15, 0.2) is 48.6 Å². The first-order chi connectivity index (χ1) is 12.4. The Morgan fingerprint density at radius 2 is 1.08 bits per heavy atom. The molecule has 0 amide bonds. The van der Waals surface area contributed by atoms with Crippen LogP contribution in [0.4, 0.5) is 0 Å². The summed E-state index contributed by atoms with van der Waals surface area (Å²) >= 11 is -0.826. The molecular weight excluding hydrogens is 454 g/mol.